The van der Waals surface area contributed by atoms with Gasteiger partial charge in [0.2, 0.25) is 5.91 Å². The predicted octanol–water partition coefficient (Wildman–Crippen LogP) is 3.33. The van der Waals surface area contributed by atoms with Crippen LogP contribution in [0.5, 0.6) is 0 Å². The maximum Gasteiger partial charge on any atom is 0.389 e. The maximum absolute atomic E-state index is 12.9. The van der Waals surface area contributed by atoms with E-state index in [0.717, 1.165) is 12.7 Å². The Morgan fingerprint density at radius 2 is 1.96 bits per heavy atom. The minimum atomic E-state index is -4.56. The van der Waals surface area contributed by atoms with Crippen LogP contribution in [0.15, 0.2) is 24.3 Å². The van der Waals surface area contributed by atoms with Crippen molar-refractivity contribution < 1.29 is 27.5 Å². The maximum atomic E-state index is 12.9. The van der Waals surface area contributed by atoms with Crippen LogP contribution in [-0.4, -0.2) is 48.7 Å². The highest BCUT2D eigenvalue weighted by molar-refractivity contribution is 6.30. The molecule has 2 rings (SSSR count). The van der Waals surface area contributed by atoms with Gasteiger partial charge in [0.05, 0.1) is 25.9 Å². The Balaban J connectivity index is 2.11. The van der Waals surface area contributed by atoms with Crippen LogP contribution in [0.3, 0.4) is 0 Å². The Kier molecular flexibility index (Phi) is 7.33. The van der Waals surface area contributed by atoms with Gasteiger partial charge in [-0.25, -0.2) is 0 Å². The molecule has 2 N–H and O–H groups in total. The number of ether oxygens (including phenoxy) is 1. The minimum Gasteiger partial charge on any atom is -0.469 e. The lowest BCUT2D eigenvalue weighted by molar-refractivity contribution is -0.165. The molecule has 1 amide bonds. The quantitative estimate of drug-likeness (QED) is 0.716. The van der Waals surface area contributed by atoms with Crippen molar-refractivity contribution in [2.24, 2.45) is 11.7 Å². The lowest BCUT2D eigenvalue weighted by Gasteiger charge is -2.41. The van der Waals surface area contributed by atoms with Crippen molar-refractivity contribution in [2.45, 2.75) is 43.8 Å². The van der Waals surface area contributed by atoms with Crippen molar-refractivity contribution in [1.29, 1.82) is 0 Å². The van der Waals surface area contributed by atoms with E-state index >= 15 is 0 Å². The zero-order valence-electron chi connectivity index (χ0n) is 15.6. The van der Waals surface area contributed by atoms with E-state index < -0.39 is 42.4 Å². The van der Waals surface area contributed by atoms with Crippen molar-refractivity contribution in [1.82, 2.24) is 4.90 Å². The van der Waals surface area contributed by atoms with Gasteiger partial charge >= 0.3 is 12.1 Å². The summed E-state index contributed by atoms with van der Waals surface area (Å²) in [5.41, 5.74) is 6.65. The van der Waals surface area contributed by atoms with Crippen molar-refractivity contribution in [3.8, 4) is 0 Å². The fourth-order valence-electron chi connectivity index (χ4n) is 3.57. The fourth-order valence-corrected chi connectivity index (χ4v) is 3.70. The van der Waals surface area contributed by atoms with Crippen molar-refractivity contribution in [2.75, 3.05) is 20.2 Å². The second-order valence-corrected chi connectivity index (χ2v) is 7.76. The molecule has 0 unspecified atom stereocenters. The number of hydrogen-bond donors (Lipinski definition) is 1. The number of likely N-dealkylation sites (tertiary alicyclic amines) is 1. The van der Waals surface area contributed by atoms with Gasteiger partial charge in [0.15, 0.2) is 0 Å². The molecule has 0 aliphatic carbocycles. The number of benzene rings is 1. The smallest absolute Gasteiger partial charge is 0.389 e. The number of alkyl halides is 3. The number of rotatable bonds is 6. The van der Waals surface area contributed by atoms with Crippen molar-refractivity contribution in [3.05, 3.63) is 34.9 Å². The van der Waals surface area contributed by atoms with Gasteiger partial charge in [-0.3, -0.25) is 9.59 Å². The zero-order chi connectivity index (χ0) is 20.9. The van der Waals surface area contributed by atoms with E-state index in [0.29, 0.717) is 30.8 Å². The summed E-state index contributed by atoms with van der Waals surface area (Å²) in [4.78, 5) is 25.6. The molecule has 1 heterocycles. The second kappa shape index (κ2) is 9.13. The average molecular weight is 421 g/mol. The van der Waals surface area contributed by atoms with Crippen LogP contribution >= 0.6 is 11.6 Å². The van der Waals surface area contributed by atoms with Gasteiger partial charge in [-0.15, -0.1) is 0 Å². The van der Waals surface area contributed by atoms with Gasteiger partial charge in [-0.2, -0.15) is 13.2 Å². The first kappa shape index (κ1) is 22.5. The molecule has 1 fully saturated rings. The van der Waals surface area contributed by atoms with Crippen LogP contribution in [-0.2, 0) is 20.7 Å². The van der Waals surface area contributed by atoms with Gasteiger partial charge in [0.1, 0.15) is 0 Å². The standard InChI is InChI=1S/C19H24ClF3N2O3/c1-28-16(26)9-14(11-19(21,22)23)17(27)25-8-2-7-18(24,12-25)10-13-3-5-15(20)6-4-13/h3-6,14H,2,7-12,24H2,1H3/t14-,18+/m0/s1. The number of hydrogen-bond acceptors (Lipinski definition) is 4. The number of carbonyl (C=O) groups excluding carboxylic acids is 2. The van der Waals surface area contributed by atoms with Crippen LogP contribution in [0.25, 0.3) is 0 Å². The largest absolute Gasteiger partial charge is 0.469 e. The molecule has 2 atom stereocenters. The first-order valence-corrected chi connectivity index (χ1v) is 9.35. The molecule has 5 nitrogen and oxygen atoms in total. The normalized spacial score (nSPS) is 21.3. The van der Waals surface area contributed by atoms with Crippen LogP contribution in [0.2, 0.25) is 5.02 Å². The zero-order valence-corrected chi connectivity index (χ0v) is 16.4. The first-order valence-electron chi connectivity index (χ1n) is 8.97. The van der Waals surface area contributed by atoms with Crippen LogP contribution in [0.1, 0.15) is 31.2 Å². The highest BCUT2D eigenvalue weighted by Gasteiger charge is 2.41. The van der Waals surface area contributed by atoms with Crippen LogP contribution < -0.4 is 5.73 Å². The number of amides is 1. The Morgan fingerprint density at radius 1 is 1.32 bits per heavy atom. The Hall–Kier alpha value is -1.80. The molecule has 0 saturated carbocycles. The van der Waals surface area contributed by atoms with Gasteiger partial charge in [-0.05, 0) is 37.0 Å². The first-order chi connectivity index (χ1) is 13.0. The molecule has 0 spiro atoms. The molecule has 1 aromatic carbocycles. The van der Waals surface area contributed by atoms with Gasteiger partial charge in [-0.1, -0.05) is 23.7 Å². The van der Waals surface area contributed by atoms with Crippen molar-refractivity contribution in [3.63, 3.8) is 0 Å². The van der Waals surface area contributed by atoms with Crippen molar-refractivity contribution >= 4 is 23.5 Å². The monoisotopic (exact) mass is 420 g/mol. The topological polar surface area (TPSA) is 72.6 Å². The third kappa shape index (κ3) is 6.67. The third-order valence-corrected chi connectivity index (χ3v) is 5.11. The van der Waals surface area contributed by atoms with Gasteiger partial charge in [0.25, 0.3) is 0 Å². The number of nitrogens with two attached hydrogens (primary N) is 1. The summed E-state index contributed by atoms with van der Waals surface area (Å²) >= 11 is 5.88. The predicted molar refractivity (Wildman–Crippen MR) is 98.7 cm³/mol. The van der Waals surface area contributed by atoms with E-state index in [1.54, 1.807) is 12.1 Å². The lowest BCUT2D eigenvalue weighted by atomic mass is 9.83. The lowest BCUT2D eigenvalue weighted by Crippen LogP contribution is -2.58. The summed E-state index contributed by atoms with van der Waals surface area (Å²) in [6, 6.07) is 7.15. The fraction of sp³-hybridized carbons (Fsp3) is 0.579. The molecule has 9 heteroatoms. The average Bonchev–Trinajstić information content (AvgIpc) is 2.61. The van der Waals surface area contributed by atoms with E-state index in [1.165, 1.54) is 4.90 Å². The number of piperidine rings is 1. The van der Waals surface area contributed by atoms with E-state index in [9.17, 15) is 22.8 Å². The molecule has 0 aromatic heterocycles. The molecule has 1 aliphatic rings. The van der Waals surface area contributed by atoms with E-state index in [4.69, 9.17) is 17.3 Å². The Labute approximate surface area is 167 Å². The number of carbonyl (C=O) groups is 2. The molecular formula is C19H24ClF3N2O3. The minimum absolute atomic E-state index is 0.129. The van der Waals surface area contributed by atoms with Crippen LogP contribution in [0.4, 0.5) is 13.2 Å². The summed E-state index contributed by atoms with van der Waals surface area (Å²) in [5, 5.41) is 0.591. The molecule has 0 radical (unpaired) electrons. The summed E-state index contributed by atoms with van der Waals surface area (Å²) < 4.78 is 43.2. The summed E-state index contributed by atoms with van der Waals surface area (Å²) in [5.74, 6) is -3.07. The number of nitrogens with zero attached hydrogens (tertiary/aromatic N) is 1. The highest BCUT2D eigenvalue weighted by Crippen LogP contribution is 2.31. The van der Waals surface area contributed by atoms with E-state index in [2.05, 4.69) is 4.74 Å². The van der Waals surface area contributed by atoms with Gasteiger partial charge < -0.3 is 15.4 Å². The second-order valence-electron chi connectivity index (χ2n) is 7.33. The Morgan fingerprint density at radius 3 is 2.54 bits per heavy atom. The van der Waals surface area contributed by atoms with E-state index in [-0.39, 0.29) is 6.54 Å². The molecule has 0 bridgehead atoms. The van der Waals surface area contributed by atoms with Crippen LogP contribution in [0, 0.1) is 5.92 Å². The molecular weight excluding hydrogens is 397 g/mol. The highest BCUT2D eigenvalue weighted by atomic mass is 35.5. The molecule has 1 aromatic rings. The molecule has 28 heavy (non-hydrogen) atoms. The Bertz CT molecular complexity index is 697. The molecule has 1 aliphatic heterocycles. The summed E-state index contributed by atoms with van der Waals surface area (Å²) in [6.07, 6.45) is -4.86. The van der Waals surface area contributed by atoms with E-state index in [1.807, 2.05) is 12.1 Å². The SMILES string of the molecule is COC(=O)C[C@@H](CC(F)(F)F)C(=O)N1CCC[C@@](N)(Cc2ccc(Cl)cc2)C1. The summed E-state index contributed by atoms with van der Waals surface area (Å²) in [6.45, 7) is 0.442. The number of esters is 1. The molecule has 1 saturated heterocycles. The summed E-state index contributed by atoms with van der Waals surface area (Å²) in [7, 11) is 1.08. The number of halogens is 4. The third-order valence-electron chi connectivity index (χ3n) is 4.86. The van der Waals surface area contributed by atoms with Gasteiger partial charge in [0, 0.05) is 23.7 Å². The number of methoxy groups -OCH3 is 1. The molecule has 156 valence electrons.